The number of rotatable bonds is 39. The van der Waals surface area contributed by atoms with Gasteiger partial charge in [-0.3, -0.25) is 14.4 Å². The Morgan fingerprint density at radius 1 is 0.385 bits per heavy atom. The van der Waals surface area contributed by atoms with E-state index in [2.05, 4.69) is 57.2 Å². The third-order valence-electron chi connectivity index (χ3n) is 9.37. The Morgan fingerprint density at radius 3 is 1.13 bits per heavy atom. The lowest BCUT2D eigenvalue weighted by molar-refractivity contribution is -0.167. The van der Waals surface area contributed by atoms with Gasteiger partial charge >= 0.3 is 17.9 Å². The zero-order chi connectivity index (χ0) is 38.0. The molecule has 0 aromatic carbocycles. The molecule has 0 spiro atoms. The highest BCUT2D eigenvalue weighted by Gasteiger charge is 2.19. The van der Waals surface area contributed by atoms with Crippen LogP contribution in [-0.2, 0) is 28.6 Å². The molecule has 1 unspecified atom stereocenters. The molecule has 0 amide bonds. The fraction of sp³-hybridized carbons (Fsp3) is 0.804. The van der Waals surface area contributed by atoms with Gasteiger partial charge in [-0.25, -0.2) is 0 Å². The van der Waals surface area contributed by atoms with Crippen molar-refractivity contribution < 1.29 is 28.6 Å². The molecule has 0 radical (unpaired) electrons. The second-order valence-corrected chi connectivity index (χ2v) is 14.6. The minimum atomic E-state index is -0.775. The van der Waals surface area contributed by atoms with E-state index in [0.29, 0.717) is 19.3 Å². The Balaban J connectivity index is 4.32. The van der Waals surface area contributed by atoms with Gasteiger partial charge in [-0.15, -0.1) is 0 Å². The van der Waals surface area contributed by atoms with E-state index < -0.39 is 6.10 Å². The van der Waals surface area contributed by atoms with Crippen molar-refractivity contribution in [3.63, 3.8) is 0 Å². The molecule has 0 heterocycles. The number of carbonyl (C=O) groups excluding carboxylic acids is 3. The first-order chi connectivity index (χ1) is 25.5. The molecule has 0 aliphatic heterocycles. The summed E-state index contributed by atoms with van der Waals surface area (Å²) in [4.78, 5) is 37.5. The molecule has 0 N–H and O–H groups in total. The molecule has 0 aliphatic rings. The predicted molar refractivity (Wildman–Crippen MR) is 219 cm³/mol. The number of hydrogen-bond donors (Lipinski definition) is 0. The number of hydrogen-bond acceptors (Lipinski definition) is 6. The summed E-state index contributed by atoms with van der Waals surface area (Å²) in [6.07, 6.45) is 45.7. The third-order valence-corrected chi connectivity index (χ3v) is 9.37. The van der Waals surface area contributed by atoms with Gasteiger partial charge in [-0.2, -0.15) is 0 Å². The minimum Gasteiger partial charge on any atom is -0.462 e. The van der Waals surface area contributed by atoms with Crippen molar-refractivity contribution in [2.75, 3.05) is 13.2 Å². The lowest BCUT2D eigenvalue weighted by Gasteiger charge is -2.18. The van der Waals surface area contributed by atoms with Crippen LogP contribution >= 0.6 is 0 Å². The lowest BCUT2D eigenvalue weighted by Crippen LogP contribution is -2.30. The van der Waals surface area contributed by atoms with Crippen molar-refractivity contribution in [3.05, 3.63) is 36.5 Å². The summed E-state index contributed by atoms with van der Waals surface area (Å²) < 4.78 is 16.6. The van der Waals surface area contributed by atoms with Crippen molar-refractivity contribution in [1.82, 2.24) is 0 Å². The highest BCUT2D eigenvalue weighted by Crippen LogP contribution is 2.13. The molecule has 6 nitrogen and oxygen atoms in total. The number of unbranched alkanes of at least 4 members (excludes halogenated alkanes) is 22. The van der Waals surface area contributed by atoms with Crippen LogP contribution in [0.4, 0.5) is 0 Å². The normalized spacial score (nSPS) is 12.3. The van der Waals surface area contributed by atoms with Crippen LogP contribution < -0.4 is 0 Å². The summed E-state index contributed by atoms with van der Waals surface area (Å²) in [5.41, 5.74) is 0. The van der Waals surface area contributed by atoms with Crippen molar-refractivity contribution in [2.45, 2.75) is 226 Å². The van der Waals surface area contributed by atoms with Gasteiger partial charge in [0.15, 0.2) is 6.10 Å². The Bertz CT molecular complexity index is 891. The van der Waals surface area contributed by atoms with Crippen LogP contribution in [0.25, 0.3) is 0 Å². The number of allylic oxidation sites excluding steroid dienone is 6. The van der Waals surface area contributed by atoms with Crippen LogP contribution in [0.2, 0.25) is 0 Å². The summed E-state index contributed by atoms with van der Waals surface area (Å²) in [6.45, 7) is 6.50. The standard InChI is InChI=1S/C46H82O6/c1-4-7-10-13-16-18-20-22-24-26-28-30-33-36-39-45(48)51-42-43(41-50-44(47)38-35-32-15-12-9-6-3)52-46(49)40-37-34-31-29-27-25-23-21-19-17-14-11-8-5-2/h13,16,20-23,43H,4-12,14-15,17-19,24-42H2,1-3H3/b16-13-,22-20-,23-21-. The van der Waals surface area contributed by atoms with Crippen LogP contribution in [0.1, 0.15) is 220 Å². The average molecular weight is 731 g/mol. The molecule has 0 aliphatic carbocycles. The number of carbonyl (C=O) groups is 3. The van der Waals surface area contributed by atoms with Gasteiger partial charge < -0.3 is 14.2 Å². The van der Waals surface area contributed by atoms with Gasteiger partial charge in [0.2, 0.25) is 0 Å². The van der Waals surface area contributed by atoms with Crippen molar-refractivity contribution in [1.29, 1.82) is 0 Å². The summed E-state index contributed by atoms with van der Waals surface area (Å²) in [6, 6.07) is 0. The van der Waals surface area contributed by atoms with E-state index in [0.717, 1.165) is 89.9 Å². The lowest BCUT2D eigenvalue weighted by atomic mass is 10.1. The van der Waals surface area contributed by atoms with E-state index in [9.17, 15) is 14.4 Å². The van der Waals surface area contributed by atoms with Crippen LogP contribution in [0.3, 0.4) is 0 Å². The molecule has 0 fully saturated rings. The average Bonchev–Trinajstić information content (AvgIpc) is 3.14. The molecule has 0 rings (SSSR count). The van der Waals surface area contributed by atoms with Gasteiger partial charge in [-0.1, -0.05) is 166 Å². The van der Waals surface area contributed by atoms with Crippen molar-refractivity contribution in [3.8, 4) is 0 Å². The van der Waals surface area contributed by atoms with E-state index in [1.54, 1.807) is 0 Å². The van der Waals surface area contributed by atoms with E-state index in [1.165, 1.54) is 89.9 Å². The first kappa shape index (κ1) is 49.6. The molecular formula is C46H82O6. The summed E-state index contributed by atoms with van der Waals surface area (Å²) >= 11 is 0. The zero-order valence-electron chi connectivity index (χ0n) is 34.3. The van der Waals surface area contributed by atoms with E-state index in [1.807, 2.05) is 0 Å². The van der Waals surface area contributed by atoms with Gasteiger partial charge in [0.05, 0.1) is 0 Å². The van der Waals surface area contributed by atoms with Gasteiger partial charge in [-0.05, 0) is 70.6 Å². The van der Waals surface area contributed by atoms with E-state index in [4.69, 9.17) is 14.2 Å². The highest BCUT2D eigenvalue weighted by atomic mass is 16.6. The van der Waals surface area contributed by atoms with Gasteiger partial charge in [0.1, 0.15) is 13.2 Å². The molecule has 0 bridgehead atoms. The quantitative estimate of drug-likeness (QED) is 0.0271. The Hall–Kier alpha value is -2.37. The number of ether oxygens (including phenoxy) is 3. The number of esters is 3. The summed E-state index contributed by atoms with van der Waals surface area (Å²) in [7, 11) is 0. The molecule has 6 heteroatoms. The van der Waals surface area contributed by atoms with Crippen LogP contribution in [-0.4, -0.2) is 37.2 Å². The Kier molecular flexibility index (Phi) is 39.5. The fourth-order valence-corrected chi connectivity index (χ4v) is 5.98. The van der Waals surface area contributed by atoms with E-state index >= 15 is 0 Å². The molecule has 0 aromatic rings. The van der Waals surface area contributed by atoms with Gasteiger partial charge in [0, 0.05) is 19.3 Å². The highest BCUT2D eigenvalue weighted by molar-refractivity contribution is 5.71. The maximum absolute atomic E-state index is 12.7. The summed E-state index contributed by atoms with van der Waals surface area (Å²) in [5.74, 6) is -0.913. The fourth-order valence-electron chi connectivity index (χ4n) is 5.98. The zero-order valence-corrected chi connectivity index (χ0v) is 34.3. The summed E-state index contributed by atoms with van der Waals surface area (Å²) in [5, 5.41) is 0. The molecule has 52 heavy (non-hydrogen) atoms. The third kappa shape index (κ3) is 38.9. The maximum atomic E-state index is 12.7. The van der Waals surface area contributed by atoms with Crippen molar-refractivity contribution in [2.24, 2.45) is 0 Å². The minimum absolute atomic E-state index is 0.0798. The van der Waals surface area contributed by atoms with Crippen LogP contribution in [0.15, 0.2) is 36.5 Å². The molecule has 1 atom stereocenters. The second-order valence-electron chi connectivity index (χ2n) is 14.6. The molecule has 0 aromatic heterocycles. The molecule has 302 valence electrons. The maximum Gasteiger partial charge on any atom is 0.306 e. The monoisotopic (exact) mass is 731 g/mol. The first-order valence-electron chi connectivity index (χ1n) is 22.0. The van der Waals surface area contributed by atoms with Crippen LogP contribution in [0, 0.1) is 0 Å². The predicted octanol–water partition coefficient (Wildman–Crippen LogP) is 13.8. The Labute approximate surface area is 321 Å². The Morgan fingerprint density at radius 2 is 0.712 bits per heavy atom. The first-order valence-corrected chi connectivity index (χ1v) is 22.0. The van der Waals surface area contributed by atoms with E-state index in [-0.39, 0.29) is 31.1 Å². The molecule has 0 saturated carbocycles. The smallest absolute Gasteiger partial charge is 0.306 e. The van der Waals surface area contributed by atoms with Crippen LogP contribution in [0.5, 0.6) is 0 Å². The second kappa shape index (κ2) is 41.4. The topological polar surface area (TPSA) is 78.9 Å². The molecule has 0 saturated heterocycles. The van der Waals surface area contributed by atoms with Gasteiger partial charge in [0.25, 0.3) is 0 Å². The largest absolute Gasteiger partial charge is 0.462 e. The molecular weight excluding hydrogens is 648 g/mol. The SMILES string of the molecule is CCCC/C=C\C/C=C\CCCCCCCC(=O)OCC(COC(=O)CCCCCCCC)OC(=O)CCCCCCC/C=C\CCCCCCC. The van der Waals surface area contributed by atoms with Crippen molar-refractivity contribution >= 4 is 17.9 Å².